The molecule has 0 radical (unpaired) electrons. The summed E-state index contributed by atoms with van der Waals surface area (Å²) < 4.78 is 11.0. The molecule has 1 heterocycles. The minimum Gasteiger partial charge on any atom is -0.394 e. The molecule has 148 valence electrons. The molecule has 0 amide bonds. The predicted molar refractivity (Wildman–Crippen MR) is 99.6 cm³/mol. The van der Waals surface area contributed by atoms with Crippen molar-refractivity contribution in [3.8, 4) is 0 Å². The fraction of sp³-hybridized carbons (Fsp3) is 0.900. The average molecular weight is 359 g/mol. The lowest BCUT2D eigenvalue weighted by Gasteiger charge is -2.20. The van der Waals surface area contributed by atoms with Crippen molar-refractivity contribution in [3.63, 3.8) is 0 Å². The van der Waals surface area contributed by atoms with E-state index in [9.17, 15) is 10.2 Å². The summed E-state index contributed by atoms with van der Waals surface area (Å²) in [6.45, 7) is 4.21. The van der Waals surface area contributed by atoms with Crippen LogP contribution in [0.15, 0.2) is 12.7 Å². The summed E-state index contributed by atoms with van der Waals surface area (Å²) in [6, 6.07) is 0. The lowest BCUT2D eigenvalue weighted by molar-refractivity contribution is -0.0730. The van der Waals surface area contributed by atoms with Gasteiger partial charge in [-0.05, 0) is 19.3 Å². The molecule has 0 unspecified atom stereocenters. The van der Waals surface area contributed by atoms with Gasteiger partial charge in [0.15, 0.2) is 0 Å². The fourth-order valence-corrected chi connectivity index (χ4v) is 3.24. The van der Waals surface area contributed by atoms with Gasteiger partial charge < -0.3 is 24.8 Å². The first-order valence-corrected chi connectivity index (χ1v) is 10.0. The van der Waals surface area contributed by atoms with Gasteiger partial charge in [-0.3, -0.25) is 0 Å². The molecule has 0 aromatic rings. The van der Waals surface area contributed by atoms with Gasteiger partial charge in [0.1, 0.15) is 24.4 Å². The van der Waals surface area contributed by atoms with Gasteiger partial charge in [-0.1, -0.05) is 57.4 Å². The molecular weight excluding hydrogens is 320 g/mol. The van der Waals surface area contributed by atoms with E-state index >= 15 is 0 Å². The Morgan fingerprint density at radius 2 is 1.56 bits per heavy atom. The molecule has 1 aliphatic heterocycles. The van der Waals surface area contributed by atoms with Gasteiger partial charge in [0.05, 0.1) is 13.2 Å². The van der Waals surface area contributed by atoms with Crippen LogP contribution in [0.4, 0.5) is 0 Å². The van der Waals surface area contributed by atoms with E-state index in [4.69, 9.17) is 14.6 Å². The van der Waals surface area contributed by atoms with Crippen LogP contribution in [0, 0.1) is 0 Å². The first-order valence-electron chi connectivity index (χ1n) is 10.0. The summed E-state index contributed by atoms with van der Waals surface area (Å²) in [5, 5.41) is 28.5. The lowest BCUT2D eigenvalue weighted by Crippen LogP contribution is -2.41. The van der Waals surface area contributed by atoms with Crippen LogP contribution in [0.2, 0.25) is 0 Å². The fourth-order valence-electron chi connectivity index (χ4n) is 3.24. The van der Waals surface area contributed by atoms with E-state index in [1.807, 2.05) is 6.08 Å². The molecule has 0 saturated carbocycles. The van der Waals surface area contributed by atoms with Gasteiger partial charge >= 0.3 is 0 Å². The van der Waals surface area contributed by atoms with Gasteiger partial charge in [-0.2, -0.15) is 0 Å². The van der Waals surface area contributed by atoms with Gasteiger partial charge in [-0.15, -0.1) is 6.58 Å². The number of unbranched alkanes of at least 4 members (excludes halogenated alkanes) is 10. The molecule has 0 aliphatic carbocycles. The summed E-state index contributed by atoms with van der Waals surface area (Å²) in [6.07, 6.45) is 12.7. The van der Waals surface area contributed by atoms with E-state index in [1.54, 1.807) is 0 Å². The van der Waals surface area contributed by atoms with Crippen molar-refractivity contribution in [3.05, 3.63) is 12.7 Å². The topological polar surface area (TPSA) is 79.2 Å². The van der Waals surface area contributed by atoms with Crippen LogP contribution in [0.1, 0.15) is 70.6 Å². The molecule has 1 rings (SSSR count). The summed E-state index contributed by atoms with van der Waals surface area (Å²) in [5.74, 6) is 0. The number of hydrogen-bond acceptors (Lipinski definition) is 5. The molecule has 0 aromatic carbocycles. The number of hydrogen-bond donors (Lipinski definition) is 3. The van der Waals surface area contributed by atoms with Crippen LogP contribution < -0.4 is 0 Å². The Balaban J connectivity index is 1.87. The van der Waals surface area contributed by atoms with Crippen molar-refractivity contribution >= 4 is 0 Å². The zero-order valence-electron chi connectivity index (χ0n) is 15.7. The predicted octanol–water partition coefficient (Wildman–Crippen LogP) is 2.96. The van der Waals surface area contributed by atoms with E-state index < -0.39 is 31.0 Å². The lowest BCUT2D eigenvalue weighted by atomic mass is 10.1. The zero-order valence-corrected chi connectivity index (χ0v) is 15.7. The molecule has 0 aromatic heterocycles. The molecule has 1 fully saturated rings. The Morgan fingerprint density at radius 1 is 1.00 bits per heavy atom. The van der Waals surface area contributed by atoms with Crippen LogP contribution in [-0.4, -0.2) is 59.6 Å². The minimum atomic E-state index is -1.05. The summed E-state index contributed by atoms with van der Waals surface area (Å²) in [7, 11) is 0. The zero-order chi connectivity index (χ0) is 18.3. The smallest absolute Gasteiger partial charge is 0.114 e. The average Bonchev–Trinajstić information content (AvgIpc) is 2.99. The highest BCUT2D eigenvalue weighted by Gasteiger charge is 2.40. The quantitative estimate of drug-likeness (QED) is 0.292. The maximum absolute atomic E-state index is 10.0. The summed E-state index contributed by atoms with van der Waals surface area (Å²) >= 11 is 0. The van der Waals surface area contributed by atoms with Crippen LogP contribution in [0.5, 0.6) is 0 Å². The third-order valence-electron chi connectivity index (χ3n) is 4.87. The Kier molecular flexibility index (Phi) is 13.3. The molecule has 5 heteroatoms. The van der Waals surface area contributed by atoms with E-state index in [0.29, 0.717) is 6.61 Å². The van der Waals surface area contributed by atoms with Crippen LogP contribution in [0.25, 0.3) is 0 Å². The first kappa shape index (κ1) is 22.6. The van der Waals surface area contributed by atoms with Crippen molar-refractivity contribution in [1.29, 1.82) is 0 Å². The molecule has 5 nitrogen and oxygen atoms in total. The summed E-state index contributed by atoms with van der Waals surface area (Å²) in [5.41, 5.74) is 0. The second kappa shape index (κ2) is 14.7. The van der Waals surface area contributed by atoms with E-state index in [0.717, 1.165) is 19.3 Å². The normalized spacial score (nSPS) is 24.5. The van der Waals surface area contributed by atoms with E-state index in [1.165, 1.54) is 51.4 Å². The van der Waals surface area contributed by atoms with Crippen molar-refractivity contribution in [2.45, 2.75) is 95.0 Å². The van der Waals surface area contributed by atoms with E-state index in [-0.39, 0.29) is 6.61 Å². The number of rotatable bonds is 16. The summed E-state index contributed by atoms with van der Waals surface area (Å²) in [4.78, 5) is 0. The van der Waals surface area contributed by atoms with Gasteiger partial charge in [0.2, 0.25) is 0 Å². The first-order chi connectivity index (χ1) is 12.2. The number of ether oxygens (including phenoxy) is 2. The van der Waals surface area contributed by atoms with Crippen LogP contribution >= 0.6 is 0 Å². The molecular formula is C20H38O5. The molecule has 0 spiro atoms. The molecule has 0 bridgehead atoms. The van der Waals surface area contributed by atoms with Crippen LogP contribution in [0.3, 0.4) is 0 Å². The molecule has 4 atom stereocenters. The number of aliphatic hydroxyl groups excluding tert-OH is 3. The highest BCUT2D eigenvalue weighted by atomic mass is 16.6. The Hall–Kier alpha value is -0.460. The van der Waals surface area contributed by atoms with E-state index in [2.05, 4.69) is 6.58 Å². The number of allylic oxidation sites excluding steroid dienone is 1. The second-order valence-electron chi connectivity index (χ2n) is 7.06. The van der Waals surface area contributed by atoms with Gasteiger partial charge in [0, 0.05) is 6.61 Å². The van der Waals surface area contributed by atoms with Crippen molar-refractivity contribution in [2.24, 2.45) is 0 Å². The van der Waals surface area contributed by atoms with Crippen LogP contribution in [-0.2, 0) is 9.47 Å². The SMILES string of the molecule is C=CCCCCCCCCCCCCO[C@@H]1CO[C@@H]([C@@H](O)CO)[C@H]1O. The molecule has 3 N–H and O–H groups in total. The Morgan fingerprint density at radius 3 is 2.12 bits per heavy atom. The maximum atomic E-state index is 10.0. The molecule has 1 aliphatic rings. The third kappa shape index (κ3) is 9.71. The maximum Gasteiger partial charge on any atom is 0.114 e. The highest BCUT2D eigenvalue weighted by molar-refractivity contribution is 4.88. The highest BCUT2D eigenvalue weighted by Crippen LogP contribution is 2.20. The van der Waals surface area contributed by atoms with Gasteiger partial charge in [0.25, 0.3) is 0 Å². The molecule has 25 heavy (non-hydrogen) atoms. The van der Waals surface area contributed by atoms with Crippen molar-refractivity contribution in [2.75, 3.05) is 19.8 Å². The van der Waals surface area contributed by atoms with Gasteiger partial charge in [-0.25, -0.2) is 0 Å². The standard InChI is InChI=1S/C20H38O5/c1-2-3-4-5-6-7-8-9-10-11-12-13-14-24-18-16-25-20(19(18)23)17(22)15-21/h2,17-23H,1,3-16H2/t17-,18+,19-,20-/m0/s1. The Bertz CT molecular complexity index is 323. The number of aliphatic hydroxyl groups is 3. The Labute approximate surface area is 153 Å². The van der Waals surface area contributed by atoms with Crippen molar-refractivity contribution in [1.82, 2.24) is 0 Å². The largest absolute Gasteiger partial charge is 0.394 e. The monoisotopic (exact) mass is 358 g/mol. The second-order valence-corrected chi connectivity index (χ2v) is 7.06. The minimum absolute atomic E-state index is 0.274. The van der Waals surface area contributed by atoms with Crippen molar-refractivity contribution < 1.29 is 24.8 Å². The third-order valence-corrected chi connectivity index (χ3v) is 4.87. The molecule has 1 saturated heterocycles.